The van der Waals surface area contributed by atoms with E-state index in [1.807, 2.05) is 48.5 Å². The van der Waals surface area contributed by atoms with Crippen LogP contribution in [0.2, 0.25) is 0 Å². The van der Waals surface area contributed by atoms with Gasteiger partial charge in [0.1, 0.15) is 5.01 Å². The summed E-state index contributed by atoms with van der Waals surface area (Å²) < 4.78 is 28.4. The van der Waals surface area contributed by atoms with Gasteiger partial charge in [0.15, 0.2) is 5.03 Å². The van der Waals surface area contributed by atoms with Gasteiger partial charge in [-0.2, -0.15) is 8.42 Å². The van der Waals surface area contributed by atoms with Gasteiger partial charge < -0.3 is 0 Å². The number of hydrogen-bond acceptors (Lipinski definition) is 4. The molecule has 3 aromatic rings. The second kappa shape index (κ2) is 5.98. The Morgan fingerprint density at radius 3 is 2.62 bits per heavy atom. The van der Waals surface area contributed by atoms with Crippen molar-refractivity contribution in [2.24, 2.45) is 0 Å². The van der Waals surface area contributed by atoms with Gasteiger partial charge in [-0.1, -0.05) is 46.3 Å². The molecule has 0 fully saturated rings. The van der Waals surface area contributed by atoms with E-state index in [1.165, 1.54) is 15.6 Å². The standard InChI is InChI=1S/C17H13BrN2O2S2/c18-14-7-5-13(6-8-14)17-19-16(11-23-17)24(21,22)20-10-9-12-3-1-2-4-15(12)20/h1-8,11H,9-10H2. The Morgan fingerprint density at radius 2 is 1.83 bits per heavy atom. The molecule has 0 saturated carbocycles. The Balaban J connectivity index is 1.70. The zero-order chi connectivity index (χ0) is 16.7. The van der Waals surface area contributed by atoms with Crippen LogP contribution in [-0.4, -0.2) is 19.9 Å². The average molecular weight is 421 g/mol. The molecule has 1 aliphatic rings. The molecule has 4 nitrogen and oxygen atoms in total. The van der Waals surface area contributed by atoms with Gasteiger partial charge in [-0.25, -0.2) is 4.98 Å². The number of anilines is 1. The summed E-state index contributed by atoms with van der Waals surface area (Å²) in [5, 5.41) is 2.43. The first-order valence-electron chi connectivity index (χ1n) is 7.38. The van der Waals surface area contributed by atoms with E-state index in [1.54, 1.807) is 5.38 Å². The number of fused-ring (bicyclic) bond motifs is 1. The van der Waals surface area contributed by atoms with E-state index >= 15 is 0 Å². The predicted molar refractivity (Wildman–Crippen MR) is 99.9 cm³/mol. The third-order valence-electron chi connectivity index (χ3n) is 3.97. The minimum atomic E-state index is -3.62. The molecule has 0 aliphatic carbocycles. The molecule has 0 spiro atoms. The maximum Gasteiger partial charge on any atom is 0.282 e. The molecule has 0 N–H and O–H groups in total. The molecule has 7 heteroatoms. The van der Waals surface area contributed by atoms with Gasteiger partial charge in [-0.05, 0) is 30.2 Å². The van der Waals surface area contributed by atoms with Gasteiger partial charge in [-0.3, -0.25) is 4.31 Å². The predicted octanol–water partition coefficient (Wildman–Crippen LogP) is 4.32. The maximum atomic E-state index is 13.0. The summed E-state index contributed by atoms with van der Waals surface area (Å²) in [4.78, 5) is 4.37. The van der Waals surface area contributed by atoms with E-state index in [0.717, 1.165) is 27.7 Å². The van der Waals surface area contributed by atoms with Crippen molar-refractivity contribution in [1.29, 1.82) is 0 Å². The molecule has 0 amide bonds. The van der Waals surface area contributed by atoms with Crippen molar-refractivity contribution in [2.75, 3.05) is 10.8 Å². The lowest BCUT2D eigenvalue weighted by Gasteiger charge is -2.17. The molecule has 0 saturated heterocycles. The smallest absolute Gasteiger partial charge is 0.264 e. The molecule has 2 heterocycles. The lowest BCUT2D eigenvalue weighted by Crippen LogP contribution is -2.29. The van der Waals surface area contributed by atoms with E-state index < -0.39 is 10.0 Å². The largest absolute Gasteiger partial charge is 0.282 e. The second-order valence-electron chi connectivity index (χ2n) is 5.45. The van der Waals surface area contributed by atoms with Crippen LogP contribution in [0.3, 0.4) is 0 Å². The highest BCUT2D eigenvalue weighted by molar-refractivity contribution is 9.10. The summed E-state index contributed by atoms with van der Waals surface area (Å²) in [6.45, 7) is 0.465. The molecule has 1 aliphatic heterocycles. The fourth-order valence-electron chi connectivity index (χ4n) is 2.77. The first kappa shape index (κ1) is 15.8. The van der Waals surface area contributed by atoms with E-state index in [9.17, 15) is 8.42 Å². The number of sulfonamides is 1. The Hall–Kier alpha value is -1.70. The molecular weight excluding hydrogens is 408 g/mol. The number of hydrogen-bond donors (Lipinski definition) is 0. The zero-order valence-electron chi connectivity index (χ0n) is 12.5. The Morgan fingerprint density at radius 1 is 1.08 bits per heavy atom. The van der Waals surface area contributed by atoms with Crippen LogP contribution in [-0.2, 0) is 16.4 Å². The fourth-order valence-corrected chi connectivity index (χ4v) is 5.62. The molecule has 0 bridgehead atoms. The van der Waals surface area contributed by atoms with Crippen LogP contribution in [0.4, 0.5) is 5.69 Å². The van der Waals surface area contributed by atoms with Crippen molar-refractivity contribution < 1.29 is 8.42 Å². The first-order valence-corrected chi connectivity index (χ1v) is 10.5. The normalized spacial score (nSPS) is 14.0. The summed E-state index contributed by atoms with van der Waals surface area (Å²) in [6.07, 6.45) is 0.735. The minimum Gasteiger partial charge on any atom is -0.264 e. The van der Waals surface area contributed by atoms with Crippen molar-refractivity contribution in [1.82, 2.24) is 4.98 Å². The van der Waals surface area contributed by atoms with Crippen LogP contribution in [0.15, 0.2) is 63.4 Å². The van der Waals surface area contributed by atoms with Gasteiger partial charge in [0.05, 0.1) is 5.69 Å². The number of thiazole rings is 1. The van der Waals surface area contributed by atoms with Crippen molar-refractivity contribution in [3.05, 3.63) is 63.9 Å². The van der Waals surface area contributed by atoms with Gasteiger partial charge in [0, 0.05) is 22.0 Å². The third kappa shape index (κ3) is 2.66. The Kier molecular flexibility index (Phi) is 3.94. The molecule has 0 atom stereocenters. The van der Waals surface area contributed by atoms with Crippen LogP contribution in [0.1, 0.15) is 5.56 Å². The highest BCUT2D eigenvalue weighted by Crippen LogP contribution is 2.34. The van der Waals surface area contributed by atoms with Gasteiger partial charge >= 0.3 is 0 Å². The quantitative estimate of drug-likeness (QED) is 0.633. The molecule has 122 valence electrons. The molecule has 24 heavy (non-hydrogen) atoms. The molecule has 2 aromatic carbocycles. The van der Waals surface area contributed by atoms with Crippen molar-refractivity contribution in [3.8, 4) is 10.6 Å². The van der Waals surface area contributed by atoms with E-state index in [-0.39, 0.29) is 5.03 Å². The second-order valence-corrected chi connectivity index (χ2v) is 9.04. The number of nitrogens with zero attached hydrogens (tertiary/aromatic N) is 2. The van der Waals surface area contributed by atoms with Crippen molar-refractivity contribution >= 4 is 43.0 Å². The topological polar surface area (TPSA) is 50.3 Å². The molecule has 0 radical (unpaired) electrons. The first-order chi connectivity index (χ1) is 11.6. The Labute approximate surface area is 153 Å². The summed E-state index contributed by atoms with van der Waals surface area (Å²) in [5.74, 6) is 0. The molecule has 4 rings (SSSR count). The summed E-state index contributed by atoms with van der Waals surface area (Å²) in [6, 6.07) is 15.3. The average Bonchev–Trinajstić information content (AvgIpc) is 3.23. The lowest BCUT2D eigenvalue weighted by atomic mass is 10.2. The molecular formula is C17H13BrN2O2S2. The highest BCUT2D eigenvalue weighted by Gasteiger charge is 2.32. The summed E-state index contributed by atoms with van der Waals surface area (Å²) in [7, 11) is -3.62. The van der Waals surface area contributed by atoms with E-state index in [2.05, 4.69) is 20.9 Å². The summed E-state index contributed by atoms with van der Waals surface area (Å²) in [5.41, 5.74) is 2.73. The highest BCUT2D eigenvalue weighted by atomic mass is 79.9. The number of benzene rings is 2. The van der Waals surface area contributed by atoms with Crippen LogP contribution >= 0.6 is 27.3 Å². The third-order valence-corrected chi connectivity index (χ3v) is 7.24. The number of aromatic nitrogens is 1. The molecule has 1 aromatic heterocycles. The van der Waals surface area contributed by atoms with Crippen LogP contribution in [0.5, 0.6) is 0 Å². The zero-order valence-corrected chi connectivity index (χ0v) is 15.7. The van der Waals surface area contributed by atoms with Gasteiger partial charge in [0.2, 0.25) is 0 Å². The van der Waals surface area contributed by atoms with Gasteiger partial charge in [0.25, 0.3) is 10.0 Å². The number of para-hydroxylation sites is 1. The monoisotopic (exact) mass is 420 g/mol. The van der Waals surface area contributed by atoms with Crippen LogP contribution in [0.25, 0.3) is 10.6 Å². The number of halogens is 1. The van der Waals surface area contributed by atoms with Crippen LogP contribution in [0, 0.1) is 0 Å². The maximum absolute atomic E-state index is 13.0. The minimum absolute atomic E-state index is 0.113. The van der Waals surface area contributed by atoms with Gasteiger partial charge in [-0.15, -0.1) is 11.3 Å². The fraction of sp³-hybridized carbons (Fsp3) is 0.118. The van der Waals surface area contributed by atoms with Crippen molar-refractivity contribution in [2.45, 2.75) is 11.4 Å². The Bertz CT molecular complexity index is 997. The van der Waals surface area contributed by atoms with E-state index in [4.69, 9.17) is 0 Å². The SMILES string of the molecule is O=S(=O)(c1csc(-c2ccc(Br)cc2)n1)N1CCc2ccccc21. The van der Waals surface area contributed by atoms with Crippen LogP contribution < -0.4 is 4.31 Å². The summed E-state index contributed by atoms with van der Waals surface area (Å²) >= 11 is 4.74. The molecule has 0 unspecified atom stereocenters. The lowest BCUT2D eigenvalue weighted by molar-refractivity contribution is 0.589. The number of rotatable bonds is 3. The van der Waals surface area contributed by atoms with Crippen molar-refractivity contribution in [3.63, 3.8) is 0 Å². The van der Waals surface area contributed by atoms with E-state index in [0.29, 0.717) is 11.6 Å².